The summed E-state index contributed by atoms with van der Waals surface area (Å²) in [7, 11) is 0. The smallest absolute Gasteiger partial charge is 0.310 e. The van der Waals surface area contributed by atoms with Crippen LogP contribution in [0.2, 0.25) is 0 Å². The SMILES string of the molecule is CC(N)(C(=O)Nc1ccc(Br)cn1)C(F)(F)F. The maximum Gasteiger partial charge on any atom is 0.415 e. The molecular weight excluding hydrogens is 303 g/mol. The average molecular weight is 312 g/mol. The summed E-state index contributed by atoms with van der Waals surface area (Å²) in [6, 6.07) is 2.89. The molecule has 0 aliphatic rings. The maximum atomic E-state index is 12.4. The van der Waals surface area contributed by atoms with Crippen molar-refractivity contribution in [2.75, 3.05) is 5.32 Å². The van der Waals surface area contributed by atoms with Crippen molar-refractivity contribution in [1.29, 1.82) is 0 Å². The van der Waals surface area contributed by atoms with Crippen LogP contribution in [0.3, 0.4) is 0 Å². The molecule has 94 valence electrons. The zero-order valence-electron chi connectivity index (χ0n) is 8.68. The lowest BCUT2D eigenvalue weighted by Crippen LogP contribution is -2.59. The van der Waals surface area contributed by atoms with E-state index < -0.39 is 17.6 Å². The van der Waals surface area contributed by atoms with Crippen molar-refractivity contribution in [3.8, 4) is 0 Å². The number of rotatable bonds is 2. The maximum absolute atomic E-state index is 12.4. The zero-order chi connectivity index (χ0) is 13.3. The third-order valence-electron chi connectivity index (χ3n) is 2.03. The molecule has 1 rings (SSSR count). The number of pyridine rings is 1. The van der Waals surface area contributed by atoms with Gasteiger partial charge in [0.1, 0.15) is 5.82 Å². The number of halogens is 4. The Morgan fingerprint density at radius 3 is 2.47 bits per heavy atom. The lowest BCUT2D eigenvalue weighted by Gasteiger charge is -2.25. The number of hydrogen-bond donors (Lipinski definition) is 2. The van der Waals surface area contributed by atoms with Gasteiger partial charge in [-0.05, 0) is 35.0 Å². The number of anilines is 1. The summed E-state index contributed by atoms with van der Waals surface area (Å²) in [5, 5.41) is 2.00. The summed E-state index contributed by atoms with van der Waals surface area (Å²) < 4.78 is 38.0. The second kappa shape index (κ2) is 4.61. The van der Waals surface area contributed by atoms with Gasteiger partial charge in [0.25, 0.3) is 5.91 Å². The van der Waals surface area contributed by atoms with Crippen molar-refractivity contribution in [3.63, 3.8) is 0 Å². The minimum atomic E-state index is -4.83. The first-order valence-electron chi connectivity index (χ1n) is 4.43. The van der Waals surface area contributed by atoms with E-state index in [1.54, 1.807) is 0 Å². The molecule has 0 bridgehead atoms. The van der Waals surface area contributed by atoms with Crippen LogP contribution in [0.25, 0.3) is 0 Å². The number of carbonyl (C=O) groups excluding carboxylic acids is 1. The molecule has 0 aliphatic carbocycles. The summed E-state index contributed by atoms with van der Waals surface area (Å²) >= 11 is 3.10. The topological polar surface area (TPSA) is 68.0 Å². The Kier molecular flexibility index (Phi) is 3.78. The van der Waals surface area contributed by atoms with E-state index in [-0.39, 0.29) is 5.82 Å². The molecule has 1 unspecified atom stereocenters. The largest absolute Gasteiger partial charge is 0.415 e. The lowest BCUT2D eigenvalue weighted by atomic mass is 10.0. The van der Waals surface area contributed by atoms with Crippen molar-refractivity contribution < 1.29 is 18.0 Å². The minimum Gasteiger partial charge on any atom is -0.310 e. The standard InChI is InChI=1S/C9H9BrF3N3O/c1-8(14,9(11,12)13)7(17)16-6-3-2-5(10)4-15-6/h2-4H,14H2,1H3,(H,15,16,17). The summed E-state index contributed by atoms with van der Waals surface area (Å²) in [4.78, 5) is 15.1. The van der Waals surface area contributed by atoms with Crippen LogP contribution in [-0.4, -0.2) is 22.6 Å². The van der Waals surface area contributed by atoms with Crippen LogP contribution in [0.4, 0.5) is 19.0 Å². The first-order valence-corrected chi connectivity index (χ1v) is 5.22. The van der Waals surface area contributed by atoms with Gasteiger partial charge in [-0.2, -0.15) is 13.2 Å². The molecule has 8 heteroatoms. The van der Waals surface area contributed by atoms with Crippen molar-refractivity contribution >= 4 is 27.7 Å². The van der Waals surface area contributed by atoms with Gasteiger partial charge in [-0.3, -0.25) is 4.79 Å². The Bertz CT molecular complexity index is 416. The molecule has 1 aromatic rings. The predicted molar refractivity (Wildman–Crippen MR) is 59.2 cm³/mol. The third-order valence-corrected chi connectivity index (χ3v) is 2.50. The van der Waals surface area contributed by atoms with E-state index in [0.717, 1.165) is 0 Å². The van der Waals surface area contributed by atoms with E-state index in [2.05, 4.69) is 20.9 Å². The molecular formula is C9H9BrF3N3O. The number of alkyl halides is 3. The first-order chi connectivity index (χ1) is 7.64. The van der Waals surface area contributed by atoms with Gasteiger partial charge in [-0.1, -0.05) is 0 Å². The molecule has 1 aromatic heterocycles. The number of nitrogens with two attached hydrogens (primary N) is 1. The lowest BCUT2D eigenvalue weighted by molar-refractivity contribution is -0.184. The molecule has 17 heavy (non-hydrogen) atoms. The van der Waals surface area contributed by atoms with E-state index in [1.807, 2.05) is 5.32 Å². The molecule has 0 aromatic carbocycles. The average Bonchev–Trinajstić information content (AvgIpc) is 2.19. The fraction of sp³-hybridized carbons (Fsp3) is 0.333. The number of carbonyl (C=O) groups is 1. The first kappa shape index (κ1) is 13.9. The third kappa shape index (κ3) is 3.16. The molecule has 0 radical (unpaired) electrons. The van der Waals surface area contributed by atoms with E-state index in [9.17, 15) is 18.0 Å². The summed E-state index contributed by atoms with van der Waals surface area (Å²) in [6.07, 6.45) is -3.48. The molecule has 4 nitrogen and oxygen atoms in total. The van der Waals surface area contributed by atoms with Crippen molar-refractivity contribution in [3.05, 3.63) is 22.8 Å². The van der Waals surface area contributed by atoms with E-state index in [1.165, 1.54) is 18.3 Å². The highest BCUT2D eigenvalue weighted by atomic mass is 79.9. The Hall–Kier alpha value is -1.15. The Morgan fingerprint density at radius 2 is 2.06 bits per heavy atom. The highest BCUT2D eigenvalue weighted by Gasteiger charge is 2.54. The molecule has 3 N–H and O–H groups in total. The van der Waals surface area contributed by atoms with E-state index >= 15 is 0 Å². The van der Waals surface area contributed by atoms with Gasteiger partial charge in [-0.15, -0.1) is 0 Å². The van der Waals surface area contributed by atoms with Crippen LogP contribution in [0.1, 0.15) is 6.92 Å². The second-order valence-electron chi connectivity index (χ2n) is 3.52. The van der Waals surface area contributed by atoms with Crippen molar-refractivity contribution in [2.24, 2.45) is 5.73 Å². The van der Waals surface area contributed by atoms with Crippen LogP contribution in [0.15, 0.2) is 22.8 Å². The van der Waals surface area contributed by atoms with Crippen LogP contribution in [0, 0.1) is 0 Å². The molecule has 0 fully saturated rings. The molecule has 0 saturated heterocycles. The number of amides is 1. The fourth-order valence-electron chi connectivity index (χ4n) is 0.825. The van der Waals surface area contributed by atoms with Gasteiger partial charge in [-0.25, -0.2) is 4.98 Å². The van der Waals surface area contributed by atoms with Gasteiger partial charge in [0.05, 0.1) is 0 Å². The minimum absolute atomic E-state index is 0.000810. The Morgan fingerprint density at radius 1 is 1.47 bits per heavy atom. The highest BCUT2D eigenvalue weighted by Crippen LogP contribution is 2.28. The van der Waals surface area contributed by atoms with Crippen LogP contribution in [0.5, 0.6) is 0 Å². The van der Waals surface area contributed by atoms with Gasteiger partial charge in [0.15, 0.2) is 5.54 Å². The van der Waals surface area contributed by atoms with Gasteiger partial charge in [0, 0.05) is 10.7 Å². The zero-order valence-corrected chi connectivity index (χ0v) is 10.3. The molecule has 1 amide bonds. The molecule has 1 heterocycles. The quantitative estimate of drug-likeness (QED) is 0.878. The number of aromatic nitrogens is 1. The summed E-state index contributed by atoms with van der Waals surface area (Å²) in [5.41, 5.74) is 1.98. The Labute approximate surface area is 104 Å². The van der Waals surface area contributed by atoms with Crippen molar-refractivity contribution in [2.45, 2.75) is 18.6 Å². The van der Waals surface area contributed by atoms with Crippen LogP contribution >= 0.6 is 15.9 Å². The second-order valence-corrected chi connectivity index (χ2v) is 4.43. The highest BCUT2D eigenvalue weighted by molar-refractivity contribution is 9.10. The predicted octanol–water partition coefficient (Wildman–Crippen LogP) is 2.06. The monoisotopic (exact) mass is 311 g/mol. The van der Waals surface area contributed by atoms with Crippen LogP contribution in [-0.2, 0) is 4.79 Å². The van der Waals surface area contributed by atoms with Gasteiger partial charge in [0.2, 0.25) is 0 Å². The molecule has 0 saturated carbocycles. The molecule has 1 atom stereocenters. The normalized spacial score (nSPS) is 15.2. The van der Waals surface area contributed by atoms with E-state index in [4.69, 9.17) is 5.73 Å². The molecule has 0 spiro atoms. The number of hydrogen-bond acceptors (Lipinski definition) is 3. The van der Waals surface area contributed by atoms with Gasteiger partial charge < -0.3 is 11.1 Å². The number of nitrogens with one attached hydrogen (secondary N) is 1. The molecule has 0 aliphatic heterocycles. The Balaban J connectivity index is 2.83. The van der Waals surface area contributed by atoms with Crippen LogP contribution < -0.4 is 11.1 Å². The van der Waals surface area contributed by atoms with Crippen molar-refractivity contribution in [1.82, 2.24) is 4.98 Å². The number of nitrogens with zero attached hydrogens (tertiary/aromatic N) is 1. The summed E-state index contributed by atoms with van der Waals surface area (Å²) in [5.74, 6) is -1.36. The summed E-state index contributed by atoms with van der Waals surface area (Å²) in [6.45, 7) is 0.598. The van der Waals surface area contributed by atoms with Gasteiger partial charge >= 0.3 is 6.18 Å². The van der Waals surface area contributed by atoms with E-state index in [0.29, 0.717) is 11.4 Å². The fourth-order valence-corrected chi connectivity index (χ4v) is 1.06.